The Morgan fingerprint density at radius 3 is 1.44 bits per heavy atom. The van der Waals surface area contributed by atoms with E-state index < -0.39 is 5.97 Å². The number of carbonyl (C=O) groups is 4. The van der Waals surface area contributed by atoms with Crippen LogP contribution in [0.5, 0.6) is 0 Å². The number of ether oxygens (including phenoxy) is 3. The number of carboxylic acid groups (broad SMARTS) is 1. The fourth-order valence-electron chi connectivity index (χ4n) is 7.34. The van der Waals surface area contributed by atoms with E-state index in [2.05, 4.69) is 67.9 Å². The average molecular weight is 631 g/mol. The fourth-order valence-corrected chi connectivity index (χ4v) is 7.34. The second-order valence-electron chi connectivity index (χ2n) is 14.8. The summed E-state index contributed by atoms with van der Waals surface area (Å²) in [4.78, 5) is 42.5. The van der Waals surface area contributed by atoms with Crippen molar-refractivity contribution < 1.29 is 38.5 Å². The molecule has 0 aromatic rings. The van der Waals surface area contributed by atoms with E-state index in [1.165, 1.54) is 37.8 Å². The summed E-state index contributed by atoms with van der Waals surface area (Å²) < 4.78 is 15.8. The number of carbonyl (C=O) groups excluding carboxylic acids is 3. The molecule has 254 valence electrons. The van der Waals surface area contributed by atoms with Gasteiger partial charge in [0.1, 0.15) is 12.2 Å². The lowest BCUT2D eigenvalue weighted by Crippen LogP contribution is -2.38. The summed E-state index contributed by atoms with van der Waals surface area (Å²) in [5.74, 6) is -0.00714. The number of carboxylic acids is 1. The lowest BCUT2D eigenvalue weighted by atomic mass is 9.70. The lowest BCUT2D eigenvalue weighted by Gasteiger charge is -2.38. The van der Waals surface area contributed by atoms with E-state index in [9.17, 15) is 19.2 Å². The van der Waals surface area contributed by atoms with Crippen molar-refractivity contribution in [2.24, 2.45) is 39.4 Å². The van der Waals surface area contributed by atoms with Crippen LogP contribution < -0.4 is 0 Å². The predicted molar refractivity (Wildman–Crippen MR) is 177 cm³/mol. The van der Waals surface area contributed by atoms with Crippen LogP contribution in [0.2, 0.25) is 0 Å². The largest absolute Gasteiger partial charge is 0.478 e. The van der Waals surface area contributed by atoms with Crippen LogP contribution >= 0.6 is 0 Å². The van der Waals surface area contributed by atoms with Crippen molar-refractivity contribution >= 4 is 23.9 Å². The maximum atomic E-state index is 11.6. The van der Waals surface area contributed by atoms with E-state index in [1.54, 1.807) is 6.92 Å². The monoisotopic (exact) mass is 630 g/mol. The highest BCUT2D eigenvalue weighted by Gasteiger charge is 2.63. The van der Waals surface area contributed by atoms with E-state index in [4.69, 9.17) is 19.3 Å². The van der Waals surface area contributed by atoms with Crippen LogP contribution in [-0.2, 0) is 33.4 Å². The molecule has 8 heteroatoms. The van der Waals surface area contributed by atoms with Crippen LogP contribution in [-0.4, -0.2) is 47.8 Å². The molecule has 0 amide bonds. The van der Waals surface area contributed by atoms with Crippen molar-refractivity contribution in [3.63, 3.8) is 0 Å². The third-order valence-corrected chi connectivity index (χ3v) is 11.4. The van der Waals surface area contributed by atoms with Gasteiger partial charge in [-0.2, -0.15) is 0 Å². The number of fused-ring (bicyclic) bond motifs is 4. The Hall–Kier alpha value is -3.16. The molecule has 6 atom stereocenters. The first-order valence-electron chi connectivity index (χ1n) is 16.0. The van der Waals surface area contributed by atoms with Gasteiger partial charge in [0.25, 0.3) is 0 Å². The smallest absolute Gasteiger partial charge is 0.333 e. The van der Waals surface area contributed by atoms with Gasteiger partial charge < -0.3 is 19.3 Å². The Balaban J connectivity index is 0.000000324. The van der Waals surface area contributed by atoms with E-state index in [1.807, 2.05) is 13.8 Å². The molecular formula is C37H58O8. The van der Waals surface area contributed by atoms with Gasteiger partial charge in [-0.1, -0.05) is 81.7 Å². The molecular weight excluding hydrogens is 572 g/mol. The maximum absolute atomic E-state index is 11.6. The van der Waals surface area contributed by atoms with Crippen LogP contribution in [0.4, 0.5) is 0 Å². The van der Waals surface area contributed by atoms with Crippen molar-refractivity contribution in [2.75, 3.05) is 6.61 Å². The van der Waals surface area contributed by atoms with Crippen molar-refractivity contribution in [1.29, 1.82) is 0 Å². The van der Waals surface area contributed by atoms with Gasteiger partial charge in [0.15, 0.2) is 0 Å². The highest BCUT2D eigenvalue weighted by molar-refractivity contribution is 5.87. The van der Waals surface area contributed by atoms with Crippen molar-refractivity contribution in [3.05, 3.63) is 50.1 Å². The van der Waals surface area contributed by atoms with E-state index in [-0.39, 0.29) is 40.9 Å². The Morgan fingerprint density at radius 1 is 0.778 bits per heavy atom. The standard InChI is InChI=1S/C14H22O2.C13H20O2.C7H12O2.C3H4O2/c1-9(2)12(15)16-11-8-10-6-7-14(11,5)13(10,3)4;1-5-11(14)15-10-8-9-6-7-13(10,4)12(9,2)3;1-4-7(8)9-5-6(2)3;1-2-3(4)5/h10-11H,1,6-8H2,2-5H3;5,9-10H,1,6-8H2,2-4H3;4,6H,1,5H2,2-3H3;2H,1H2,(H,4,5). The van der Waals surface area contributed by atoms with E-state index >= 15 is 0 Å². The number of aliphatic carboxylic acids is 1. The second kappa shape index (κ2) is 15.9. The first-order chi connectivity index (χ1) is 20.6. The Morgan fingerprint density at radius 2 is 1.18 bits per heavy atom. The summed E-state index contributed by atoms with van der Waals surface area (Å²) in [5, 5.41) is 7.60. The molecule has 4 bridgehead atoms. The van der Waals surface area contributed by atoms with Crippen molar-refractivity contribution in [1.82, 2.24) is 0 Å². The van der Waals surface area contributed by atoms with Gasteiger partial charge in [0.05, 0.1) is 6.61 Å². The third kappa shape index (κ3) is 9.20. The highest BCUT2D eigenvalue weighted by atomic mass is 16.6. The molecule has 4 aliphatic carbocycles. The summed E-state index contributed by atoms with van der Waals surface area (Å²) in [6.45, 7) is 33.3. The Bertz CT molecular complexity index is 1130. The topological polar surface area (TPSA) is 116 Å². The molecule has 0 radical (unpaired) electrons. The van der Waals surface area contributed by atoms with Crippen LogP contribution in [0.25, 0.3) is 0 Å². The summed E-state index contributed by atoms with van der Waals surface area (Å²) in [5.41, 5.74) is 1.43. The average Bonchev–Trinajstić information content (AvgIpc) is 3.49. The number of hydrogen-bond acceptors (Lipinski definition) is 7. The fraction of sp³-hybridized carbons (Fsp3) is 0.676. The summed E-state index contributed by atoms with van der Waals surface area (Å²) in [7, 11) is 0. The number of rotatable bonds is 8. The summed E-state index contributed by atoms with van der Waals surface area (Å²) in [6, 6.07) is 0. The minimum Gasteiger partial charge on any atom is -0.478 e. The van der Waals surface area contributed by atoms with Crippen LogP contribution in [0.1, 0.15) is 101 Å². The predicted octanol–water partition coefficient (Wildman–Crippen LogP) is 7.88. The summed E-state index contributed by atoms with van der Waals surface area (Å²) in [6.07, 6.45) is 10.4. The molecule has 8 nitrogen and oxygen atoms in total. The normalized spacial score (nSPS) is 30.5. The minimum atomic E-state index is -0.981. The molecule has 4 rings (SSSR count). The zero-order valence-corrected chi connectivity index (χ0v) is 29.2. The molecule has 4 aliphatic rings. The van der Waals surface area contributed by atoms with Gasteiger partial charge in [-0.05, 0) is 74.0 Å². The van der Waals surface area contributed by atoms with Gasteiger partial charge in [-0.3, -0.25) is 0 Å². The SMILES string of the molecule is C=C(C)C(=O)OC1CC2CCC1(C)C2(C)C.C=CC(=O)O.C=CC(=O)OC1CC2CCC1(C)C2(C)C.C=CC(=O)OCC(C)C. The number of esters is 3. The molecule has 4 fully saturated rings. The van der Waals surface area contributed by atoms with Crippen LogP contribution in [0.3, 0.4) is 0 Å². The maximum Gasteiger partial charge on any atom is 0.333 e. The first kappa shape index (κ1) is 39.9. The van der Waals surface area contributed by atoms with E-state index in [0.29, 0.717) is 40.8 Å². The van der Waals surface area contributed by atoms with Crippen molar-refractivity contribution in [2.45, 2.75) is 113 Å². The number of hydrogen-bond donors (Lipinski definition) is 1. The Labute approximate surface area is 271 Å². The molecule has 0 heterocycles. The molecule has 45 heavy (non-hydrogen) atoms. The molecule has 0 aromatic heterocycles. The lowest BCUT2D eigenvalue weighted by molar-refractivity contribution is -0.152. The molecule has 0 saturated heterocycles. The van der Waals surface area contributed by atoms with Crippen LogP contribution in [0, 0.1) is 39.4 Å². The van der Waals surface area contributed by atoms with Gasteiger partial charge >= 0.3 is 23.9 Å². The molecule has 4 saturated carbocycles. The van der Waals surface area contributed by atoms with E-state index in [0.717, 1.165) is 18.9 Å². The highest BCUT2D eigenvalue weighted by Crippen LogP contribution is 2.67. The van der Waals surface area contributed by atoms with Crippen LogP contribution in [0.15, 0.2) is 50.1 Å². The molecule has 0 spiro atoms. The molecule has 1 N–H and O–H groups in total. The van der Waals surface area contributed by atoms with Gasteiger partial charge in [-0.15, -0.1) is 0 Å². The first-order valence-corrected chi connectivity index (χ1v) is 16.0. The molecule has 0 aliphatic heterocycles. The zero-order valence-electron chi connectivity index (χ0n) is 29.2. The minimum absolute atomic E-state index is 0.0884. The molecule has 6 unspecified atom stereocenters. The van der Waals surface area contributed by atoms with Gasteiger partial charge in [0, 0.05) is 34.6 Å². The quantitative estimate of drug-likeness (QED) is 0.164. The van der Waals surface area contributed by atoms with Crippen molar-refractivity contribution in [3.8, 4) is 0 Å². The third-order valence-electron chi connectivity index (χ3n) is 11.4. The second-order valence-corrected chi connectivity index (χ2v) is 14.8. The molecule has 0 aromatic carbocycles. The van der Waals surface area contributed by atoms with Gasteiger partial charge in [0.2, 0.25) is 0 Å². The summed E-state index contributed by atoms with van der Waals surface area (Å²) >= 11 is 0. The van der Waals surface area contributed by atoms with Gasteiger partial charge in [-0.25, -0.2) is 19.2 Å². The Kier molecular flexibility index (Phi) is 14.1. The zero-order chi connectivity index (χ0) is 35.0.